The largest absolute Gasteiger partial charge is 0.490 e. The fourth-order valence-corrected chi connectivity index (χ4v) is 5.03. The Bertz CT molecular complexity index is 1510. The molecule has 10 nitrogen and oxygen atoms in total. The van der Waals surface area contributed by atoms with E-state index in [1.807, 2.05) is 19.9 Å². The van der Waals surface area contributed by atoms with Gasteiger partial charge in [0.2, 0.25) is 5.91 Å². The number of rotatable bonds is 10. The lowest BCUT2D eigenvalue weighted by Crippen LogP contribution is -2.36. The molecule has 12 heteroatoms. The van der Waals surface area contributed by atoms with Crippen molar-refractivity contribution in [1.29, 1.82) is 0 Å². The third-order valence-electron chi connectivity index (χ3n) is 5.67. The summed E-state index contributed by atoms with van der Waals surface area (Å²) in [6, 6.07) is 16.6. The first kappa shape index (κ1) is 28.8. The topological polar surface area (TPSA) is 128 Å². The molecule has 0 saturated carbocycles. The van der Waals surface area contributed by atoms with E-state index in [-0.39, 0.29) is 17.2 Å². The van der Waals surface area contributed by atoms with Gasteiger partial charge in [-0.1, -0.05) is 28.1 Å². The van der Waals surface area contributed by atoms with Crippen molar-refractivity contribution in [3.8, 4) is 11.5 Å². The number of carbonyl (C=O) groups is 3. The highest BCUT2D eigenvalue weighted by Crippen LogP contribution is 2.38. The van der Waals surface area contributed by atoms with E-state index in [1.54, 1.807) is 48.5 Å². The van der Waals surface area contributed by atoms with E-state index < -0.39 is 28.5 Å². The van der Waals surface area contributed by atoms with E-state index in [0.29, 0.717) is 33.8 Å². The number of aryl methyl sites for hydroxylation is 1. The van der Waals surface area contributed by atoms with Gasteiger partial charge in [0, 0.05) is 22.3 Å². The average molecular weight is 626 g/mol. The van der Waals surface area contributed by atoms with E-state index in [4.69, 9.17) is 9.47 Å². The van der Waals surface area contributed by atoms with Crippen molar-refractivity contribution in [2.45, 2.75) is 20.5 Å². The van der Waals surface area contributed by atoms with Gasteiger partial charge in [0.1, 0.15) is 13.2 Å². The average Bonchev–Trinajstić information content (AvgIpc) is 3.17. The number of nitrogens with one attached hydrogen (secondary N) is 1. The maximum Gasteiger partial charge on any atom is 0.294 e. The van der Waals surface area contributed by atoms with Gasteiger partial charge in [-0.25, -0.2) is 0 Å². The van der Waals surface area contributed by atoms with Crippen LogP contribution in [0.1, 0.15) is 23.6 Å². The molecule has 0 radical (unpaired) electrons. The Hall–Kier alpha value is -4.16. The summed E-state index contributed by atoms with van der Waals surface area (Å²) < 4.78 is 12.2. The highest BCUT2D eigenvalue weighted by Gasteiger charge is 2.36. The van der Waals surface area contributed by atoms with Crippen molar-refractivity contribution in [3.63, 3.8) is 0 Å². The second kappa shape index (κ2) is 12.8. The first-order chi connectivity index (χ1) is 19.1. The second-order valence-corrected chi connectivity index (χ2v) is 10.5. The molecule has 3 aromatic carbocycles. The van der Waals surface area contributed by atoms with Gasteiger partial charge in [-0.05, 0) is 84.8 Å². The van der Waals surface area contributed by atoms with Crippen molar-refractivity contribution < 1.29 is 28.8 Å². The lowest BCUT2D eigenvalue weighted by molar-refractivity contribution is -0.384. The number of non-ortho nitro benzene ring substituents is 1. The van der Waals surface area contributed by atoms with E-state index in [2.05, 4.69) is 21.2 Å². The Balaban J connectivity index is 1.48. The zero-order valence-electron chi connectivity index (χ0n) is 21.5. The Morgan fingerprint density at radius 3 is 2.50 bits per heavy atom. The summed E-state index contributed by atoms with van der Waals surface area (Å²) in [5.41, 5.74) is 2.83. The van der Waals surface area contributed by atoms with Gasteiger partial charge in [0.15, 0.2) is 11.5 Å². The van der Waals surface area contributed by atoms with Crippen LogP contribution in [0.3, 0.4) is 0 Å². The Morgan fingerprint density at radius 1 is 1.10 bits per heavy atom. The van der Waals surface area contributed by atoms with Crippen molar-refractivity contribution in [1.82, 2.24) is 4.90 Å². The SMILES string of the molecule is CCOc1cc(/C=C2\SC(=O)N(CC(=O)Nc3cccc(C)c3)C2=O)c(Br)cc1OCc1ccc([N+](=O)[O-])cc1. The fourth-order valence-electron chi connectivity index (χ4n) is 3.76. The molecule has 0 spiro atoms. The maximum atomic E-state index is 13.0. The van der Waals surface area contributed by atoms with Gasteiger partial charge in [-0.3, -0.25) is 29.4 Å². The number of carbonyl (C=O) groups excluding carboxylic acids is 3. The number of ether oxygens (including phenoxy) is 2. The summed E-state index contributed by atoms with van der Waals surface area (Å²) in [5.74, 6) is -0.220. The summed E-state index contributed by atoms with van der Waals surface area (Å²) in [6.45, 7) is 3.80. The van der Waals surface area contributed by atoms with Crippen molar-refractivity contribution in [3.05, 3.63) is 96.8 Å². The molecular weight excluding hydrogens is 602 g/mol. The molecule has 40 heavy (non-hydrogen) atoms. The molecule has 0 atom stereocenters. The number of hydrogen-bond acceptors (Lipinski definition) is 8. The van der Waals surface area contributed by atoms with Crippen LogP contribution in [0.5, 0.6) is 11.5 Å². The zero-order valence-corrected chi connectivity index (χ0v) is 23.9. The molecule has 0 unspecified atom stereocenters. The highest BCUT2D eigenvalue weighted by molar-refractivity contribution is 9.10. The predicted molar refractivity (Wildman–Crippen MR) is 155 cm³/mol. The fraction of sp³-hybridized carbons (Fsp3) is 0.179. The first-order valence-corrected chi connectivity index (χ1v) is 13.7. The van der Waals surface area contributed by atoms with Crippen LogP contribution < -0.4 is 14.8 Å². The van der Waals surface area contributed by atoms with E-state index in [1.165, 1.54) is 12.1 Å². The number of imide groups is 1. The molecule has 206 valence electrons. The number of nitrogens with zero attached hydrogens (tertiary/aromatic N) is 2. The van der Waals surface area contributed by atoms with E-state index >= 15 is 0 Å². The van der Waals surface area contributed by atoms with Gasteiger partial charge in [0.25, 0.3) is 16.8 Å². The Labute approximate surface area is 242 Å². The first-order valence-electron chi connectivity index (χ1n) is 12.1. The summed E-state index contributed by atoms with van der Waals surface area (Å²) in [6.07, 6.45) is 1.55. The number of nitro benzene ring substituents is 1. The molecule has 1 fully saturated rings. The van der Waals surface area contributed by atoms with Crippen LogP contribution in [0.2, 0.25) is 0 Å². The van der Waals surface area contributed by atoms with Gasteiger partial charge >= 0.3 is 0 Å². The molecule has 1 aliphatic heterocycles. The van der Waals surface area contributed by atoms with Crippen molar-refractivity contribution in [2.75, 3.05) is 18.5 Å². The molecular formula is C28H24BrN3O7S. The Kier molecular flexibility index (Phi) is 9.22. The second-order valence-electron chi connectivity index (χ2n) is 8.65. The number of halogens is 1. The molecule has 0 aromatic heterocycles. The molecule has 1 aliphatic rings. The number of anilines is 1. The minimum Gasteiger partial charge on any atom is -0.490 e. The van der Waals surface area contributed by atoms with Crippen LogP contribution in [-0.4, -0.2) is 40.0 Å². The van der Waals surface area contributed by atoms with Crippen molar-refractivity contribution >= 4 is 62.2 Å². The van der Waals surface area contributed by atoms with Crippen LogP contribution in [0.25, 0.3) is 6.08 Å². The highest BCUT2D eigenvalue weighted by atomic mass is 79.9. The van der Waals surface area contributed by atoms with Gasteiger partial charge in [-0.15, -0.1) is 0 Å². The normalized spacial score (nSPS) is 14.0. The van der Waals surface area contributed by atoms with Crippen LogP contribution in [-0.2, 0) is 16.2 Å². The number of benzene rings is 3. The molecule has 0 aliphatic carbocycles. The maximum absolute atomic E-state index is 13.0. The van der Waals surface area contributed by atoms with E-state index in [9.17, 15) is 24.5 Å². The number of hydrogen-bond donors (Lipinski definition) is 1. The van der Waals surface area contributed by atoms with Crippen LogP contribution >= 0.6 is 27.7 Å². The quantitative estimate of drug-likeness (QED) is 0.157. The monoisotopic (exact) mass is 625 g/mol. The lowest BCUT2D eigenvalue weighted by Gasteiger charge is -2.14. The Morgan fingerprint density at radius 2 is 1.82 bits per heavy atom. The van der Waals surface area contributed by atoms with Crippen LogP contribution in [0, 0.1) is 17.0 Å². The minimum absolute atomic E-state index is 0.0119. The number of thioether (sulfide) groups is 1. The summed E-state index contributed by atoms with van der Waals surface area (Å²) in [5, 5.41) is 13.0. The number of nitro groups is 1. The van der Waals surface area contributed by atoms with Crippen molar-refractivity contribution in [2.24, 2.45) is 0 Å². The van der Waals surface area contributed by atoms with Gasteiger partial charge < -0.3 is 14.8 Å². The molecule has 1 heterocycles. The molecule has 0 bridgehead atoms. The zero-order chi connectivity index (χ0) is 28.8. The van der Waals surface area contributed by atoms with Gasteiger partial charge in [-0.2, -0.15) is 0 Å². The van der Waals surface area contributed by atoms with Crippen LogP contribution in [0.15, 0.2) is 70.0 Å². The van der Waals surface area contributed by atoms with Gasteiger partial charge in [0.05, 0.1) is 16.4 Å². The summed E-state index contributed by atoms with van der Waals surface area (Å²) >= 11 is 4.23. The molecule has 3 amide bonds. The minimum atomic E-state index is -0.572. The molecule has 3 aromatic rings. The van der Waals surface area contributed by atoms with Crippen LogP contribution in [0.4, 0.5) is 16.2 Å². The van der Waals surface area contributed by atoms with E-state index in [0.717, 1.165) is 27.8 Å². The summed E-state index contributed by atoms with van der Waals surface area (Å²) in [4.78, 5) is 49.5. The third-order valence-corrected chi connectivity index (χ3v) is 7.26. The number of amides is 3. The predicted octanol–water partition coefficient (Wildman–Crippen LogP) is 6.32. The molecule has 1 N–H and O–H groups in total. The lowest BCUT2D eigenvalue weighted by atomic mass is 10.1. The standard InChI is InChI=1S/C28H24BrN3O7S/c1-3-38-23-12-19(22(29)14-24(23)39-16-18-7-9-21(10-8-18)32(36)37)13-25-27(34)31(28(35)40-25)15-26(33)30-20-6-4-5-17(2)11-20/h4-14H,3,15-16H2,1-2H3,(H,30,33)/b25-13-. The molecule has 4 rings (SSSR count). The smallest absolute Gasteiger partial charge is 0.294 e. The third kappa shape index (κ3) is 7.07. The molecule has 1 saturated heterocycles. The summed E-state index contributed by atoms with van der Waals surface area (Å²) in [7, 11) is 0.